The molecule has 0 spiro atoms. The smallest absolute Gasteiger partial charge is 0.160 e. The van der Waals surface area contributed by atoms with Gasteiger partial charge in [0, 0.05) is 6.04 Å². The molecule has 1 unspecified atom stereocenters. The second-order valence-corrected chi connectivity index (χ2v) is 3.85. The first-order chi connectivity index (χ1) is 6.68. The normalized spacial score (nSPS) is 21.4. The molecule has 0 amide bonds. The van der Waals surface area contributed by atoms with Crippen LogP contribution in [-0.4, -0.2) is 16.8 Å². The SMILES string of the molecule is Cc1cc(C2CCCN2)cc(O)c1O. The summed E-state index contributed by atoms with van der Waals surface area (Å²) in [5, 5.41) is 22.2. The van der Waals surface area contributed by atoms with Crippen molar-refractivity contribution in [2.45, 2.75) is 25.8 Å². The fourth-order valence-electron chi connectivity index (χ4n) is 1.96. The van der Waals surface area contributed by atoms with Gasteiger partial charge in [0.25, 0.3) is 0 Å². The van der Waals surface area contributed by atoms with Crippen LogP contribution >= 0.6 is 0 Å². The summed E-state index contributed by atoms with van der Waals surface area (Å²) in [5.74, 6) is -0.0274. The van der Waals surface area contributed by atoms with Gasteiger partial charge in [0.05, 0.1) is 0 Å². The van der Waals surface area contributed by atoms with Crippen LogP contribution in [0.5, 0.6) is 11.5 Å². The molecule has 3 N–H and O–H groups in total. The molecule has 1 aliphatic heterocycles. The second kappa shape index (κ2) is 3.50. The molecule has 1 aromatic rings. The van der Waals surface area contributed by atoms with Gasteiger partial charge in [-0.3, -0.25) is 0 Å². The molecule has 1 saturated heterocycles. The fraction of sp³-hybridized carbons (Fsp3) is 0.455. The Morgan fingerprint density at radius 2 is 2.14 bits per heavy atom. The van der Waals surface area contributed by atoms with E-state index in [1.54, 1.807) is 13.0 Å². The topological polar surface area (TPSA) is 52.5 Å². The Labute approximate surface area is 83.4 Å². The van der Waals surface area contributed by atoms with Gasteiger partial charge in [0.2, 0.25) is 0 Å². The molecule has 76 valence electrons. The number of nitrogens with one attached hydrogen (secondary N) is 1. The third kappa shape index (κ3) is 1.55. The average molecular weight is 193 g/mol. The van der Waals surface area contributed by atoms with Gasteiger partial charge in [-0.15, -0.1) is 0 Å². The van der Waals surface area contributed by atoms with Crippen molar-refractivity contribution in [3.63, 3.8) is 0 Å². The predicted octanol–water partition coefficient (Wildman–Crippen LogP) is 1.83. The summed E-state index contributed by atoms with van der Waals surface area (Å²) in [4.78, 5) is 0. The van der Waals surface area contributed by atoms with Gasteiger partial charge in [-0.2, -0.15) is 0 Å². The molecular weight excluding hydrogens is 178 g/mol. The van der Waals surface area contributed by atoms with E-state index in [1.807, 2.05) is 6.07 Å². The first-order valence-corrected chi connectivity index (χ1v) is 4.94. The van der Waals surface area contributed by atoms with Crippen LogP contribution in [0.3, 0.4) is 0 Å². The van der Waals surface area contributed by atoms with Gasteiger partial charge >= 0.3 is 0 Å². The van der Waals surface area contributed by atoms with E-state index < -0.39 is 0 Å². The minimum Gasteiger partial charge on any atom is -0.504 e. The predicted molar refractivity (Wildman–Crippen MR) is 54.5 cm³/mol. The number of phenolic OH excluding ortho intramolecular Hbond substituents is 2. The highest BCUT2D eigenvalue weighted by molar-refractivity contribution is 5.47. The van der Waals surface area contributed by atoms with Crippen LogP contribution in [0.4, 0.5) is 0 Å². The first-order valence-electron chi connectivity index (χ1n) is 4.94. The first kappa shape index (κ1) is 9.34. The number of rotatable bonds is 1. The molecule has 3 nitrogen and oxygen atoms in total. The minimum atomic E-state index is -0.0197. The Morgan fingerprint density at radius 1 is 1.36 bits per heavy atom. The number of hydrogen-bond acceptors (Lipinski definition) is 3. The van der Waals surface area contributed by atoms with Crippen molar-refractivity contribution < 1.29 is 10.2 Å². The lowest BCUT2D eigenvalue weighted by atomic mass is 10.0. The van der Waals surface area contributed by atoms with E-state index in [4.69, 9.17) is 0 Å². The van der Waals surface area contributed by atoms with E-state index in [9.17, 15) is 10.2 Å². The van der Waals surface area contributed by atoms with E-state index in [-0.39, 0.29) is 11.5 Å². The number of aryl methyl sites for hydroxylation is 1. The van der Waals surface area contributed by atoms with Gasteiger partial charge in [-0.25, -0.2) is 0 Å². The fourth-order valence-corrected chi connectivity index (χ4v) is 1.96. The number of phenols is 2. The van der Waals surface area contributed by atoms with Gasteiger partial charge in [0.1, 0.15) is 0 Å². The van der Waals surface area contributed by atoms with Crippen molar-refractivity contribution in [2.75, 3.05) is 6.54 Å². The molecule has 1 fully saturated rings. The van der Waals surface area contributed by atoms with E-state index in [2.05, 4.69) is 5.32 Å². The lowest BCUT2D eigenvalue weighted by Gasteiger charge is -2.12. The van der Waals surface area contributed by atoms with E-state index >= 15 is 0 Å². The highest BCUT2D eigenvalue weighted by Crippen LogP contribution is 2.34. The number of benzene rings is 1. The largest absolute Gasteiger partial charge is 0.504 e. The Morgan fingerprint density at radius 3 is 2.71 bits per heavy atom. The third-order valence-electron chi connectivity index (χ3n) is 2.77. The zero-order chi connectivity index (χ0) is 10.1. The minimum absolute atomic E-state index is 0.00764. The van der Waals surface area contributed by atoms with Crippen LogP contribution in [0, 0.1) is 6.92 Å². The van der Waals surface area contributed by atoms with Crippen molar-refractivity contribution in [1.82, 2.24) is 5.32 Å². The maximum absolute atomic E-state index is 9.46. The molecule has 1 heterocycles. The van der Waals surface area contributed by atoms with Gasteiger partial charge in [0.15, 0.2) is 11.5 Å². The molecule has 1 aliphatic rings. The Bertz CT molecular complexity index is 320. The quantitative estimate of drug-likeness (QED) is 0.596. The van der Waals surface area contributed by atoms with Crippen LogP contribution in [-0.2, 0) is 0 Å². The summed E-state index contributed by atoms with van der Waals surface area (Å²) in [6.45, 7) is 2.83. The van der Waals surface area contributed by atoms with E-state index in [0.717, 1.165) is 24.1 Å². The maximum Gasteiger partial charge on any atom is 0.160 e. The molecule has 0 aliphatic carbocycles. The van der Waals surface area contributed by atoms with E-state index in [0.29, 0.717) is 6.04 Å². The van der Waals surface area contributed by atoms with Crippen molar-refractivity contribution in [2.24, 2.45) is 0 Å². The average Bonchev–Trinajstić information content (AvgIpc) is 2.66. The second-order valence-electron chi connectivity index (χ2n) is 3.85. The molecule has 14 heavy (non-hydrogen) atoms. The molecular formula is C11H15NO2. The monoisotopic (exact) mass is 193 g/mol. The molecule has 2 rings (SSSR count). The van der Waals surface area contributed by atoms with Crippen LogP contribution in [0.25, 0.3) is 0 Å². The summed E-state index contributed by atoms with van der Waals surface area (Å²) in [5.41, 5.74) is 1.80. The van der Waals surface area contributed by atoms with Crippen molar-refractivity contribution in [3.8, 4) is 11.5 Å². The zero-order valence-corrected chi connectivity index (χ0v) is 8.25. The van der Waals surface area contributed by atoms with Crippen LogP contribution < -0.4 is 5.32 Å². The third-order valence-corrected chi connectivity index (χ3v) is 2.77. The van der Waals surface area contributed by atoms with Crippen molar-refractivity contribution >= 4 is 0 Å². The summed E-state index contributed by atoms with van der Waals surface area (Å²) in [6, 6.07) is 3.91. The lowest BCUT2D eigenvalue weighted by Crippen LogP contribution is -2.12. The Hall–Kier alpha value is -1.22. The van der Waals surface area contributed by atoms with Crippen LogP contribution in [0.15, 0.2) is 12.1 Å². The molecule has 0 aromatic heterocycles. The highest BCUT2D eigenvalue weighted by Gasteiger charge is 2.18. The van der Waals surface area contributed by atoms with Gasteiger partial charge in [-0.05, 0) is 43.5 Å². The Kier molecular flexibility index (Phi) is 2.33. The molecule has 1 aromatic carbocycles. The van der Waals surface area contributed by atoms with Crippen LogP contribution in [0.1, 0.15) is 30.0 Å². The Balaban J connectivity index is 2.34. The summed E-state index contributed by atoms with van der Waals surface area (Å²) in [6.07, 6.45) is 2.27. The van der Waals surface area contributed by atoms with E-state index in [1.165, 1.54) is 6.42 Å². The summed E-state index contributed by atoms with van der Waals surface area (Å²) < 4.78 is 0. The maximum atomic E-state index is 9.46. The van der Waals surface area contributed by atoms with Crippen LogP contribution in [0.2, 0.25) is 0 Å². The van der Waals surface area contributed by atoms with Gasteiger partial charge in [-0.1, -0.05) is 6.07 Å². The van der Waals surface area contributed by atoms with Gasteiger partial charge < -0.3 is 15.5 Å². The molecule has 0 bridgehead atoms. The summed E-state index contributed by atoms with van der Waals surface area (Å²) >= 11 is 0. The number of hydrogen-bond donors (Lipinski definition) is 3. The van der Waals surface area contributed by atoms with Crippen molar-refractivity contribution in [3.05, 3.63) is 23.3 Å². The summed E-state index contributed by atoms with van der Waals surface area (Å²) in [7, 11) is 0. The highest BCUT2D eigenvalue weighted by atomic mass is 16.3. The molecule has 3 heteroatoms. The van der Waals surface area contributed by atoms with Crippen molar-refractivity contribution in [1.29, 1.82) is 0 Å². The zero-order valence-electron chi connectivity index (χ0n) is 8.25. The molecule has 0 saturated carbocycles. The number of aromatic hydroxyl groups is 2. The standard InChI is InChI=1S/C11H15NO2/c1-7-5-8(6-10(13)11(7)14)9-3-2-4-12-9/h5-6,9,12-14H,2-4H2,1H3. The molecule has 1 atom stereocenters. The lowest BCUT2D eigenvalue weighted by molar-refractivity contribution is 0.399. The molecule has 0 radical (unpaired) electrons.